The van der Waals surface area contributed by atoms with Gasteiger partial charge in [0.25, 0.3) is 5.69 Å². The number of hydrogen-bond acceptors (Lipinski definition) is 4. The Morgan fingerprint density at radius 3 is 2.33 bits per heavy atom. The van der Waals surface area contributed by atoms with Crippen LogP contribution in [0.1, 0.15) is 11.1 Å². The molecule has 2 aromatic carbocycles. The first-order valence-corrected chi connectivity index (χ1v) is 6.88. The Labute approximate surface area is 124 Å². The van der Waals surface area contributed by atoms with Crippen molar-refractivity contribution in [3.05, 3.63) is 75.8 Å². The average Bonchev–Trinajstić information content (AvgIpc) is 2.49. The molecule has 0 bridgehead atoms. The van der Waals surface area contributed by atoms with Gasteiger partial charge < -0.3 is 5.73 Å². The summed E-state index contributed by atoms with van der Waals surface area (Å²) in [6, 6.07) is 16.9. The lowest BCUT2D eigenvalue weighted by atomic mass is 10.1. The fraction of sp³-hybridized carbons (Fsp3) is 0.250. The number of nitrogens with two attached hydrogens (primary N) is 1. The quantitative estimate of drug-likeness (QED) is 0.627. The van der Waals surface area contributed by atoms with Crippen LogP contribution in [0.2, 0.25) is 0 Å². The minimum absolute atomic E-state index is 0.125. The predicted molar refractivity (Wildman–Crippen MR) is 82.7 cm³/mol. The zero-order chi connectivity index (χ0) is 15.1. The number of nitro groups is 1. The van der Waals surface area contributed by atoms with Crippen LogP contribution in [-0.4, -0.2) is 22.9 Å². The van der Waals surface area contributed by atoms with Gasteiger partial charge in [0.1, 0.15) is 0 Å². The summed E-state index contributed by atoms with van der Waals surface area (Å²) < 4.78 is 0. The minimum atomic E-state index is -0.367. The second-order valence-electron chi connectivity index (χ2n) is 4.91. The number of nitro benzene ring substituents is 1. The summed E-state index contributed by atoms with van der Waals surface area (Å²) in [6.45, 7) is 2.73. The van der Waals surface area contributed by atoms with Crippen LogP contribution < -0.4 is 5.73 Å². The Hall–Kier alpha value is -2.24. The van der Waals surface area contributed by atoms with E-state index in [0.29, 0.717) is 13.1 Å². The lowest BCUT2D eigenvalue weighted by Crippen LogP contribution is -2.28. The second kappa shape index (κ2) is 7.52. The molecule has 0 spiro atoms. The molecule has 2 aromatic rings. The highest BCUT2D eigenvalue weighted by atomic mass is 16.6. The molecule has 0 fully saturated rings. The monoisotopic (exact) mass is 285 g/mol. The molecule has 5 heteroatoms. The van der Waals surface area contributed by atoms with Crippen LogP contribution in [0, 0.1) is 10.1 Å². The maximum absolute atomic E-state index is 10.8. The molecule has 0 aliphatic carbocycles. The van der Waals surface area contributed by atoms with Crippen LogP contribution in [0.3, 0.4) is 0 Å². The van der Waals surface area contributed by atoms with Gasteiger partial charge in [-0.3, -0.25) is 15.0 Å². The van der Waals surface area contributed by atoms with E-state index in [0.717, 1.165) is 18.7 Å². The van der Waals surface area contributed by atoms with Gasteiger partial charge in [-0.25, -0.2) is 0 Å². The van der Waals surface area contributed by atoms with Crippen LogP contribution in [0.25, 0.3) is 0 Å². The van der Waals surface area contributed by atoms with Gasteiger partial charge in [0, 0.05) is 38.3 Å². The van der Waals surface area contributed by atoms with E-state index >= 15 is 0 Å². The van der Waals surface area contributed by atoms with Crippen molar-refractivity contribution in [1.82, 2.24) is 4.90 Å². The summed E-state index contributed by atoms with van der Waals surface area (Å²) >= 11 is 0. The van der Waals surface area contributed by atoms with Crippen LogP contribution in [0.15, 0.2) is 54.6 Å². The van der Waals surface area contributed by atoms with Crippen molar-refractivity contribution in [2.75, 3.05) is 13.1 Å². The summed E-state index contributed by atoms with van der Waals surface area (Å²) in [7, 11) is 0. The maximum atomic E-state index is 10.8. The molecule has 0 aliphatic heterocycles. The van der Waals surface area contributed by atoms with Gasteiger partial charge in [-0.15, -0.1) is 0 Å². The summed E-state index contributed by atoms with van der Waals surface area (Å²) in [6.07, 6.45) is 0. The molecular formula is C16H19N3O2. The van der Waals surface area contributed by atoms with E-state index < -0.39 is 0 Å². The molecule has 0 heterocycles. The minimum Gasteiger partial charge on any atom is -0.329 e. The lowest BCUT2D eigenvalue weighted by molar-refractivity contribution is -0.384. The van der Waals surface area contributed by atoms with E-state index in [1.807, 2.05) is 24.3 Å². The molecule has 110 valence electrons. The lowest BCUT2D eigenvalue weighted by Gasteiger charge is -2.21. The third-order valence-corrected chi connectivity index (χ3v) is 3.22. The summed E-state index contributed by atoms with van der Waals surface area (Å²) in [5.41, 5.74) is 7.92. The normalized spacial score (nSPS) is 10.8. The topological polar surface area (TPSA) is 72.4 Å². The number of rotatable bonds is 7. The van der Waals surface area contributed by atoms with Crippen molar-refractivity contribution >= 4 is 5.69 Å². The first kappa shape index (κ1) is 15.2. The average molecular weight is 285 g/mol. The van der Waals surface area contributed by atoms with E-state index in [2.05, 4.69) is 17.0 Å². The van der Waals surface area contributed by atoms with E-state index in [-0.39, 0.29) is 10.6 Å². The zero-order valence-corrected chi connectivity index (χ0v) is 11.8. The summed E-state index contributed by atoms with van der Waals surface area (Å²) in [5.74, 6) is 0. The molecule has 0 aromatic heterocycles. The SMILES string of the molecule is NCCN(Cc1ccccc1)Cc1cccc([N+](=O)[O-])c1. The second-order valence-corrected chi connectivity index (χ2v) is 4.91. The highest BCUT2D eigenvalue weighted by Crippen LogP contribution is 2.16. The highest BCUT2D eigenvalue weighted by Gasteiger charge is 2.10. The van der Waals surface area contributed by atoms with Gasteiger partial charge in [-0.05, 0) is 11.1 Å². The number of hydrogen-bond donors (Lipinski definition) is 1. The van der Waals surface area contributed by atoms with Gasteiger partial charge >= 0.3 is 0 Å². The Morgan fingerprint density at radius 1 is 1.00 bits per heavy atom. The van der Waals surface area contributed by atoms with Crippen molar-refractivity contribution in [3.63, 3.8) is 0 Å². The Morgan fingerprint density at radius 2 is 1.67 bits per heavy atom. The molecule has 0 unspecified atom stereocenters. The predicted octanol–water partition coefficient (Wildman–Crippen LogP) is 2.56. The van der Waals surface area contributed by atoms with Crippen molar-refractivity contribution in [2.45, 2.75) is 13.1 Å². The largest absolute Gasteiger partial charge is 0.329 e. The van der Waals surface area contributed by atoms with Crippen LogP contribution in [0.4, 0.5) is 5.69 Å². The maximum Gasteiger partial charge on any atom is 0.269 e. The van der Waals surface area contributed by atoms with Gasteiger partial charge in [-0.2, -0.15) is 0 Å². The molecule has 0 saturated carbocycles. The van der Waals surface area contributed by atoms with Gasteiger partial charge in [-0.1, -0.05) is 42.5 Å². The van der Waals surface area contributed by atoms with Crippen molar-refractivity contribution in [3.8, 4) is 0 Å². The summed E-state index contributed by atoms with van der Waals surface area (Å²) in [4.78, 5) is 12.6. The Bertz CT molecular complexity index is 587. The molecule has 0 aliphatic rings. The van der Waals surface area contributed by atoms with Gasteiger partial charge in [0.2, 0.25) is 0 Å². The first-order valence-electron chi connectivity index (χ1n) is 6.88. The van der Waals surface area contributed by atoms with Crippen LogP contribution in [0.5, 0.6) is 0 Å². The third-order valence-electron chi connectivity index (χ3n) is 3.22. The molecule has 0 amide bonds. The molecule has 5 nitrogen and oxygen atoms in total. The smallest absolute Gasteiger partial charge is 0.269 e. The molecule has 2 rings (SSSR count). The molecule has 0 saturated heterocycles. The fourth-order valence-corrected chi connectivity index (χ4v) is 2.26. The van der Waals surface area contributed by atoms with E-state index in [4.69, 9.17) is 5.73 Å². The Kier molecular flexibility index (Phi) is 5.43. The first-order chi connectivity index (χ1) is 10.2. The van der Waals surface area contributed by atoms with E-state index in [1.165, 1.54) is 11.6 Å². The standard InChI is InChI=1S/C16H19N3O2/c17-9-10-18(12-14-5-2-1-3-6-14)13-15-7-4-8-16(11-15)19(20)21/h1-8,11H,9-10,12-13,17H2. The van der Waals surface area contributed by atoms with Crippen LogP contribution >= 0.6 is 0 Å². The zero-order valence-electron chi connectivity index (χ0n) is 11.8. The van der Waals surface area contributed by atoms with E-state index in [9.17, 15) is 10.1 Å². The number of benzene rings is 2. The molecular weight excluding hydrogens is 266 g/mol. The number of nitrogens with zero attached hydrogens (tertiary/aromatic N) is 2. The number of non-ortho nitro benzene ring substituents is 1. The molecule has 21 heavy (non-hydrogen) atoms. The van der Waals surface area contributed by atoms with Crippen molar-refractivity contribution < 1.29 is 4.92 Å². The highest BCUT2D eigenvalue weighted by molar-refractivity contribution is 5.34. The fourth-order valence-electron chi connectivity index (χ4n) is 2.26. The molecule has 0 atom stereocenters. The third kappa shape index (κ3) is 4.66. The van der Waals surface area contributed by atoms with Gasteiger partial charge in [0.15, 0.2) is 0 Å². The van der Waals surface area contributed by atoms with Crippen LogP contribution in [-0.2, 0) is 13.1 Å². The van der Waals surface area contributed by atoms with Gasteiger partial charge in [0.05, 0.1) is 4.92 Å². The summed E-state index contributed by atoms with van der Waals surface area (Å²) in [5, 5.41) is 10.8. The molecule has 2 N–H and O–H groups in total. The molecule has 0 radical (unpaired) electrons. The van der Waals surface area contributed by atoms with Crippen molar-refractivity contribution in [1.29, 1.82) is 0 Å². The van der Waals surface area contributed by atoms with Crippen molar-refractivity contribution in [2.24, 2.45) is 5.73 Å². The Balaban J connectivity index is 2.09. The van der Waals surface area contributed by atoms with E-state index in [1.54, 1.807) is 12.1 Å².